The second kappa shape index (κ2) is 41.6. The van der Waals surface area contributed by atoms with Crippen LogP contribution in [0.2, 0.25) is 0 Å². The van der Waals surface area contributed by atoms with Gasteiger partial charge in [-0.1, -0.05) is 32.4 Å². The summed E-state index contributed by atoms with van der Waals surface area (Å²) in [4.78, 5) is 140. The summed E-state index contributed by atoms with van der Waals surface area (Å²) in [5.74, 6) is -9.46. The van der Waals surface area contributed by atoms with Crippen LogP contribution in [0.25, 0.3) is 0 Å². The number of aliphatic hydroxyl groups excluding tert-OH is 1. The Morgan fingerprint density at radius 3 is 1.58 bits per heavy atom. The molecule has 11 atom stereocenters. The predicted molar refractivity (Wildman–Crippen MR) is 335 cm³/mol. The zero-order chi connectivity index (χ0) is 67.5. The third-order valence-electron chi connectivity index (χ3n) is 14.9. The van der Waals surface area contributed by atoms with Gasteiger partial charge in [0.05, 0.1) is 18.7 Å². The van der Waals surface area contributed by atoms with Gasteiger partial charge in [-0.2, -0.15) is 0 Å². The number of hydrogen-bond donors (Lipinski definition) is 23. The first-order valence-electron chi connectivity index (χ1n) is 30.5. The summed E-state index contributed by atoms with van der Waals surface area (Å²) in [5.41, 5.74) is 39.8. The molecule has 506 valence electrons. The Morgan fingerprint density at radius 2 is 1.04 bits per heavy atom. The lowest BCUT2D eigenvalue weighted by Gasteiger charge is -2.32. The maximum atomic E-state index is 14.6. The molecule has 1 aromatic carbocycles. The predicted octanol–water partition coefficient (Wildman–Crippen LogP) is -6.28. The summed E-state index contributed by atoms with van der Waals surface area (Å²) in [6.07, 6.45) is 1.96. The SMILES string of the molecule is CC[C@H](C)[C@H](NC(=O)[C@@H](N)CCCNC(=N)N)C(=O)N[C@@H](CCCCN)C(=O)N1CCC[C@H]1C(=O)N[C@@H](CCCNC(=N)N)C(=O)N[C@@H](CCCCN)C(=O)NCC(=O)N[C@@H](Cc1ccc(O)cc1)C(=O)N[C@H](C(=O)N[C@@H](CCCNC(=N)N)C(N)=O)[C@@H](C)O. The third-order valence-corrected chi connectivity index (χ3v) is 14.9. The molecule has 0 saturated carbocycles. The second-order valence-corrected chi connectivity index (χ2v) is 22.3. The second-order valence-electron chi connectivity index (χ2n) is 22.3. The fourth-order valence-corrected chi connectivity index (χ4v) is 9.60. The van der Waals surface area contributed by atoms with Gasteiger partial charge in [-0.15, -0.1) is 0 Å². The lowest BCUT2D eigenvalue weighted by atomic mass is 9.96. The Bertz CT molecular complexity index is 2550. The first-order valence-corrected chi connectivity index (χ1v) is 30.5. The highest BCUT2D eigenvalue weighted by atomic mass is 16.3. The van der Waals surface area contributed by atoms with Gasteiger partial charge in [-0.3, -0.25) is 64.2 Å². The van der Waals surface area contributed by atoms with Gasteiger partial charge in [0.2, 0.25) is 59.1 Å². The number of benzene rings is 1. The molecule has 0 aromatic heterocycles. The molecule has 0 spiro atoms. The largest absolute Gasteiger partial charge is 0.508 e. The normalized spacial score (nSPS) is 16.0. The fraction of sp³-hybridized carbons (Fsp3) is 0.661. The highest BCUT2D eigenvalue weighted by Gasteiger charge is 2.41. The number of guanidine groups is 3. The van der Waals surface area contributed by atoms with E-state index in [9.17, 15) is 58.2 Å². The van der Waals surface area contributed by atoms with E-state index in [0.29, 0.717) is 63.6 Å². The fourth-order valence-electron chi connectivity index (χ4n) is 9.60. The van der Waals surface area contributed by atoms with E-state index < -0.39 is 132 Å². The van der Waals surface area contributed by atoms with Crippen molar-refractivity contribution in [2.75, 3.05) is 45.8 Å². The molecule has 30 N–H and O–H groups in total. The van der Waals surface area contributed by atoms with Crippen LogP contribution < -0.4 is 98.6 Å². The van der Waals surface area contributed by atoms with E-state index in [4.69, 9.17) is 56.4 Å². The van der Waals surface area contributed by atoms with Crippen LogP contribution in [0.3, 0.4) is 0 Å². The Morgan fingerprint density at radius 1 is 0.567 bits per heavy atom. The molecule has 90 heavy (non-hydrogen) atoms. The van der Waals surface area contributed by atoms with Gasteiger partial charge in [-0.05, 0) is 134 Å². The van der Waals surface area contributed by atoms with E-state index in [1.807, 2.05) is 6.92 Å². The van der Waals surface area contributed by atoms with Gasteiger partial charge >= 0.3 is 0 Å². The lowest BCUT2D eigenvalue weighted by molar-refractivity contribution is -0.143. The summed E-state index contributed by atoms with van der Waals surface area (Å²) in [6, 6.07) is -5.89. The van der Waals surface area contributed by atoms with E-state index in [2.05, 4.69) is 58.5 Å². The van der Waals surface area contributed by atoms with Crippen molar-refractivity contribution in [2.24, 2.45) is 46.1 Å². The number of phenols is 1. The van der Waals surface area contributed by atoms with Gasteiger partial charge in [0, 0.05) is 32.6 Å². The van der Waals surface area contributed by atoms with Crippen LogP contribution in [0.5, 0.6) is 5.75 Å². The number of unbranched alkanes of at least 4 members (excludes halogenated alkanes) is 2. The third kappa shape index (κ3) is 29.1. The molecular formula is C56H100N22O12. The van der Waals surface area contributed by atoms with Crippen molar-refractivity contribution in [3.63, 3.8) is 0 Å². The number of carbonyl (C=O) groups is 10. The molecule has 0 radical (unpaired) electrons. The maximum absolute atomic E-state index is 14.6. The molecule has 1 heterocycles. The minimum absolute atomic E-state index is 0.0000236. The Labute approximate surface area is 524 Å². The molecule has 0 aliphatic carbocycles. The molecule has 34 heteroatoms. The topological polar surface area (TPSA) is 600 Å². The van der Waals surface area contributed by atoms with Crippen LogP contribution in [-0.4, -0.2) is 198 Å². The number of phenolic OH excluding ortho intramolecular Hbond substituents is 1. The average molecular weight is 1270 g/mol. The van der Waals surface area contributed by atoms with Gasteiger partial charge in [0.1, 0.15) is 54.1 Å². The van der Waals surface area contributed by atoms with Crippen LogP contribution in [0.1, 0.15) is 123 Å². The molecule has 2 rings (SSSR count). The number of aromatic hydroxyl groups is 1. The van der Waals surface area contributed by atoms with E-state index in [0.717, 1.165) is 0 Å². The first-order chi connectivity index (χ1) is 42.6. The van der Waals surface area contributed by atoms with E-state index in [1.165, 1.54) is 36.1 Å². The molecule has 1 fully saturated rings. The number of amides is 10. The molecule has 1 aliphatic rings. The summed E-state index contributed by atoms with van der Waals surface area (Å²) in [6.45, 7) is 5.22. The highest BCUT2D eigenvalue weighted by molar-refractivity contribution is 5.98. The Kier molecular flexibility index (Phi) is 35.8. The van der Waals surface area contributed by atoms with Crippen molar-refractivity contribution < 1.29 is 58.2 Å². The Balaban J connectivity index is 2.38. The van der Waals surface area contributed by atoms with Gasteiger partial charge in [0.15, 0.2) is 17.9 Å². The van der Waals surface area contributed by atoms with Crippen LogP contribution in [0.4, 0.5) is 0 Å². The van der Waals surface area contributed by atoms with Crippen molar-refractivity contribution >= 4 is 77.0 Å². The summed E-state index contributed by atoms with van der Waals surface area (Å²) >= 11 is 0. The van der Waals surface area contributed by atoms with Crippen LogP contribution in [-0.2, 0) is 54.4 Å². The van der Waals surface area contributed by atoms with Gasteiger partial charge in [-0.25, -0.2) is 0 Å². The van der Waals surface area contributed by atoms with Gasteiger partial charge < -0.3 is 114 Å². The molecule has 0 bridgehead atoms. The van der Waals surface area contributed by atoms with Crippen molar-refractivity contribution in [1.29, 1.82) is 16.2 Å². The maximum Gasteiger partial charge on any atom is 0.245 e. The molecule has 1 aromatic rings. The standard InChI is InChI=1S/C56H100N22O12/c1-4-31(2)43(76-46(83)35(59)13-9-25-67-54(61)62)51(88)75-39(15-6-8-24-58)53(90)78-28-12-18-41(78)50(87)74-38(17-11-27-69-56(65)66)48(85)73-37(14-5-7-23-57)47(84)70-30-42(81)71-40(29-33-19-21-34(80)22-20-33)49(86)77-44(32(3)79)52(89)72-36(45(60)82)16-10-26-68-55(63)64/h19-22,31-32,35-41,43-44,79-80H,4-18,23-30,57-59H2,1-3H3,(H2,60,82)(H,70,84)(H,71,81)(H,72,89)(H,73,85)(H,74,87)(H,75,88)(H,76,83)(H,77,86)(H4,61,62,67)(H4,63,64,68)(H4,65,66,69)/t31-,32+,35-,36-,37-,38-,39-,40-,41-,43-,44-/m0/s1. The van der Waals surface area contributed by atoms with Crippen LogP contribution >= 0.6 is 0 Å². The monoisotopic (exact) mass is 1270 g/mol. The van der Waals surface area contributed by atoms with Crippen molar-refractivity contribution in [1.82, 2.24) is 63.4 Å². The molecular weight excluding hydrogens is 1170 g/mol. The number of primary amides is 1. The zero-order valence-electron chi connectivity index (χ0n) is 51.9. The van der Waals surface area contributed by atoms with Crippen LogP contribution in [0, 0.1) is 22.1 Å². The Hall–Kier alpha value is -8.63. The number of likely N-dealkylation sites (tertiary alicyclic amines) is 1. The molecule has 1 aliphatic heterocycles. The number of nitrogens with one attached hydrogen (secondary N) is 14. The molecule has 34 nitrogen and oxygen atoms in total. The molecule has 1 saturated heterocycles. The minimum Gasteiger partial charge on any atom is -0.508 e. The number of aliphatic hydroxyl groups is 1. The summed E-state index contributed by atoms with van der Waals surface area (Å²) in [5, 5.41) is 71.4. The lowest BCUT2D eigenvalue weighted by Crippen LogP contribution is -2.60. The summed E-state index contributed by atoms with van der Waals surface area (Å²) < 4.78 is 0. The molecule has 0 unspecified atom stereocenters. The zero-order valence-corrected chi connectivity index (χ0v) is 51.9. The highest BCUT2D eigenvalue weighted by Crippen LogP contribution is 2.22. The summed E-state index contributed by atoms with van der Waals surface area (Å²) in [7, 11) is 0. The number of nitrogens with zero attached hydrogens (tertiary/aromatic N) is 1. The minimum atomic E-state index is -1.68. The van der Waals surface area contributed by atoms with Crippen molar-refractivity contribution in [2.45, 2.75) is 184 Å². The number of nitrogens with two attached hydrogens (primary N) is 7. The smallest absolute Gasteiger partial charge is 0.245 e. The quantitative estimate of drug-likeness (QED) is 0.0164. The van der Waals surface area contributed by atoms with E-state index in [1.54, 1.807) is 6.92 Å². The average Bonchev–Trinajstić information content (AvgIpc) is 1.75. The first kappa shape index (κ1) is 77.5. The number of rotatable bonds is 43. The van der Waals surface area contributed by atoms with Crippen LogP contribution in [0.15, 0.2) is 24.3 Å². The molecule has 10 amide bonds. The van der Waals surface area contributed by atoms with Crippen molar-refractivity contribution in [3.05, 3.63) is 29.8 Å². The number of carbonyl (C=O) groups excluding carboxylic acids is 10. The van der Waals surface area contributed by atoms with Gasteiger partial charge in [0.25, 0.3) is 0 Å². The van der Waals surface area contributed by atoms with E-state index >= 15 is 0 Å². The number of hydrogen-bond acceptors (Lipinski definition) is 18. The van der Waals surface area contributed by atoms with E-state index in [-0.39, 0.29) is 108 Å². The van der Waals surface area contributed by atoms with Crippen molar-refractivity contribution in [3.8, 4) is 5.75 Å².